The van der Waals surface area contributed by atoms with Crippen LogP contribution in [0.4, 0.5) is 11.4 Å². The van der Waals surface area contributed by atoms with E-state index < -0.39 is 5.91 Å². The summed E-state index contributed by atoms with van der Waals surface area (Å²) in [6.45, 7) is 7.44. The number of ether oxygens (including phenoxy) is 1. The SMILES string of the molecule is CC(C)c1ccc(/C=C(/C#N)C(=O)Nc2ccc(N3CCOCC3)cc2)cc1. The lowest BCUT2D eigenvalue weighted by molar-refractivity contribution is -0.112. The van der Waals surface area contributed by atoms with Crippen LogP contribution >= 0.6 is 0 Å². The molecule has 2 aromatic carbocycles. The predicted octanol–water partition coefficient (Wildman–Crippen LogP) is 4.19. The molecule has 1 aliphatic heterocycles. The maximum Gasteiger partial charge on any atom is 0.266 e. The zero-order valence-electron chi connectivity index (χ0n) is 16.3. The molecule has 0 saturated carbocycles. The fraction of sp³-hybridized carbons (Fsp3) is 0.304. The first kappa shape index (κ1) is 19.7. The van der Waals surface area contributed by atoms with Crippen molar-refractivity contribution in [1.82, 2.24) is 0 Å². The van der Waals surface area contributed by atoms with Crippen LogP contribution in [0.3, 0.4) is 0 Å². The summed E-state index contributed by atoms with van der Waals surface area (Å²) in [6.07, 6.45) is 1.61. The summed E-state index contributed by atoms with van der Waals surface area (Å²) in [7, 11) is 0. The maximum atomic E-state index is 12.5. The Hall–Kier alpha value is -3.10. The Morgan fingerprint density at radius 2 is 1.75 bits per heavy atom. The Kier molecular flexibility index (Phi) is 6.46. The summed E-state index contributed by atoms with van der Waals surface area (Å²) >= 11 is 0. The van der Waals surface area contributed by atoms with Gasteiger partial charge in [-0.2, -0.15) is 5.26 Å². The molecule has 5 nitrogen and oxygen atoms in total. The summed E-state index contributed by atoms with van der Waals surface area (Å²) < 4.78 is 5.37. The van der Waals surface area contributed by atoms with Gasteiger partial charge in [-0.25, -0.2) is 0 Å². The van der Waals surface area contributed by atoms with E-state index in [0.717, 1.165) is 37.6 Å². The number of hydrogen-bond acceptors (Lipinski definition) is 4. The lowest BCUT2D eigenvalue weighted by Crippen LogP contribution is -2.36. The van der Waals surface area contributed by atoms with Crippen LogP contribution < -0.4 is 10.2 Å². The molecule has 3 rings (SSSR count). The molecule has 0 aliphatic carbocycles. The van der Waals surface area contributed by atoms with Crippen molar-refractivity contribution in [2.24, 2.45) is 0 Å². The maximum absolute atomic E-state index is 12.5. The van der Waals surface area contributed by atoms with Gasteiger partial charge in [-0.3, -0.25) is 4.79 Å². The van der Waals surface area contributed by atoms with Crippen LogP contribution in [0.25, 0.3) is 6.08 Å². The third kappa shape index (κ3) is 4.99. The number of nitrogens with zero attached hydrogens (tertiary/aromatic N) is 2. The van der Waals surface area contributed by atoms with Crippen molar-refractivity contribution in [1.29, 1.82) is 5.26 Å². The molecule has 1 fully saturated rings. The summed E-state index contributed by atoms with van der Waals surface area (Å²) in [4.78, 5) is 14.7. The first-order valence-electron chi connectivity index (χ1n) is 9.52. The number of benzene rings is 2. The van der Waals surface area contributed by atoms with Crippen molar-refractivity contribution in [2.75, 3.05) is 36.5 Å². The lowest BCUT2D eigenvalue weighted by Gasteiger charge is -2.28. The minimum Gasteiger partial charge on any atom is -0.378 e. The second kappa shape index (κ2) is 9.20. The molecule has 0 spiro atoms. The van der Waals surface area contributed by atoms with E-state index in [2.05, 4.69) is 24.1 Å². The zero-order valence-corrected chi connectivity index (χ0v) is 16.3. The quantitative estimate of drug-likeness (QED) is 0.629. The van der Waals surface area contributed by atoms with Crippen LogP contribution in [0.1, 0.15) is 30.9 Å². The Labute approximate surface area is 166 Å². The molecule has 2 aromatic rings. The van der Waals surface area contributed by atoms with Gasteiger partial charge in [-0.1, -0.05) is 38.1 Å². The van der Waals surface area contributed by atoms with Crippen molar-refractivity contribution in [2.45, 2.75) is 19.8 Å². The summed E-state index contributed by atoms with van der Waals surface area (Å²) in [5.41, 5.74) is 3.90. The number of nitrogens with one attached hydrogen (secondary N) is 1. The van der Waals surface area contributed by atoms with Crippen molar-refractivity contribution < 1.29 is 9.53 Å². The highest BCUT2D eigenvalue weighted by atomic mass is 16.5. The fourth-order valence-corrected chi connectivity index (χ4v) is 3.07. The van der Waals surface area contributed by atoms with Crippen LogP contribution in [0.15, 0.2) is 54.1 Å². The number of amides is 1. The molecule has 144 valence electrons. The minimum absolute atomic E-state index is 0.0783. The number of hydrogen-bond donors (Lipinski definition) is 1. The van der Waals surface area contributed by atoms with E-state index in [0.29, 0.717) is 11.6 Å². The molecular weight excluding hydrogens is 350 g/mol. The Morgan fingerprint density at radius 1 is 1.11 bits per heavy atom. The van der Waals surface area contributed by atoms with E-state index in [9.17, 15) is 10.1 Å². The third-order valence-corrected chi connectivity index (χ3v) is 4.78. The van der Waals surface area contributed by atoms with Crippen LogP contribution in [-0.2, 0) is 9.53 Å². The van der Waals surface area contributed by atoms with E-state index in [-0.39, 0.29) is 5.57 Å². The molecule has 1 amide bonds. The molecule has 1 heterocycles. The second-order valence-electron chi connectivity index (χ2n) is 7.09. The van der Waals surface area contributed by atoms with E-state index in [1.165, 1.54) is 5.56 Å². The van der Waals surface area contributed by atoms with Gasteiger partial charge in [0.15, 0.2) is 0 Å². The minimum atomic E-state index is -0.408. The second-order valence-corrected chi connectivity index (χ2v) is 7.09. The van der Waals surface area contributed by atoms with Gasteiger partial charge >= 0.3 is 0 Å². The van der Waals surface area contributed by atoms with Crippen molar-refractivity contribution >= 4 is 23.4 Å². The molecule has 0 atom stereocenters. The highest BCUT2D eigenvalue weighted by Crippen LogP contribution is 2.20. The monoisotopic (exact) mass is 375 g/mol. The topological polar surface area (TPSA) is 65.4 Å². The molecule has 1 saturated heterocycles. The fourth-order valence-electron chi connectivity index (χ4n) is 3.07. The number of carbonyl (C=O) groups excluding carboxylic acids is 1. The number of morpholine rings is 1. The van der Waals surface area contributed by atoms with Gasteiger partial charge in [0.25, 0.3) is 5.91 Å². The first-order chi connectivity index (χ1) is 13.6. The van der Waals surface area contributed by atoms with Crippen molar-refractivity contribution in [3.63, 3.8) is 0 Å². The smallest absolute Gasteiger partial charge is 0.266 e. The highest BCUT2D eigenvalue weighted by molar-refractivity contribution is 6.09. The summed E-state index contributed by atoms with van der Waals surface area (Å²) in [5.74, 6) is 0.0340. The van der Waals surface area contributed by atoms with Gasteiger partial charge in [0.1, 0.15) is 11.6 Å². The Bertz CT molecular complexity index is 872. The summed E-state index contributed by atoms with van der Waals surface area (Å²) in [5, 5.41) is 12.2. The van der Waals surface area contributed by atoms with Crippen molar-refractivity contribution in [3.05, 3.63) is 65.2 Å². The lowest BCUT2D eigenvalue weighted by atomic mass is 10.0. The zero-order chi connectivity index (χ0) is 19.9. The Balaban J connectivity index is 1.67. The molecule has 0 bridgehead atoms. The molecule has 1 aliphatic rings. The van der Waals surface area contributed by atoms with Gasteiger partial charge < -0.3 is 15.0 Å². The molecule has 0 aromatic heterocycles. The van der Waals surface area contributed by atoms with E-state index in [1.807, 2.05) is 54.6 Å². The molecule has 0 radical (unpaired) electrons. The normalized spacial score (nSPS) is 14.6. The first-order valence-corrected chi connectivity index (χ1v) is 9.52. The average molecular weight is 375 g/mol. The van der Waals surface area contributed by atoms with Gasteiger partial charge in [0.2, 0.25) is 0 Å². The molecule has 0 unspecified atom stereocenters. The third-order valence-electron chi connectivity index (χ3n) is 4.78. The molecule has 28 heavy (non-hydrogen) atoms. The standard InChI is InChI=1S/C23H25N3O2/c1-17(2)19-5-3-18(4-6-19)15-20(16-24)23(27)25-21-7-9-22(10-8-21)26-11-13-28-14-12-26/h3-10,15,17H,11-14H2,1-2H3,(H,25,27)/b20-15-. The average Bonchev–Trinajstić information content (AvgIpc) is 2.73. The highest BCUT2D eigenvalue weighted by Gasteiger charge is 2.13. The van der Waals surface area contributed by atoms with Crippen LogP contribution in [0.5, 0.6) is 0 Å². The van der Waals surface area contributed by atoms with E-state index in [4.69, 9.17) is 4.74 Å². The Morgan fingerprint density at radius 3 is 2.32 bits per heavy atom. The predicted molar refractivity (Wildman–Crippen MR) is 112 cm³/mol. The number of nitriles is 1. The molecule has 5 heteroatoms. The van der Waals surface area contributed by atoms with Crippen LogP contribution in [0, 0.1) is 11.3 Å². The van der Waals surface area contributed by atoms with E-state index >= 15 is 0 Å². The molecular formula is C23H25N3O2. The van der Waals surface area contributed by atoms with Gasteiger partial charge in [-0.05, 0) is 47.4 Å². The van der Waals surface area contributed by atoms with Crippen LogP contribution in [-0.4, -0.2) is 32.2 Å². The summed E-state index contributed by atoms with van der Waals surface area (Å²) in [6, 6.07) is 17.6. The number of anilines is 2. The van der Waals surface area contributed by atoms with Crippen molar-refractivity contribution in [3.8, 4) is 6.07 Å². The van der Waals surface area contributed by atoms with E-state index in [1.54, 1.807) is 6.08 Å². The number of carbonyl (C=O) groups is 1. The van der Waals surface area contributed by atoms with Crippen LogP contribution in [0.2, 0.25) is 0 Å². The van der Waals surface area contributed by atoms with Gasteiger partial charge in [0.05, 0.1) is 13.2 Å². The number of rotatable bonds is 5. The van der Waals surface area contributed by atoms with Gasteiger partial charge in [-0.15, -0.1) is 0 Å². The molecule has 1 N–H and O–H groups in total. The largest absolute Gasteiger partial charge is 0.378 e. The van der Waals surface area contributed by atoms with Gasteiger partial charge in [0, 0.05) is 24.5 Å².